The van der Waals surface area contributed by atoms with E-state index in [0.717, 1.165) is 22.6 Å². The SMILES string of the molecule is COC(=O)C(N)Cc1ccc(OC)c(COc2ccc(C(C)(C)C)cc2)c1. The predicted molar refractivity (Wildman–Crippen MR) is 106 cm³/mol. The fourth-order valence-electron chi connectivity index (χ4n) is 2.77. The number of hydrogen-bond donors (Lipinski definition) is 1. The summed E-state index contributed by atoms with van der Waals surface area (Å²) < 4.78 is 16.0. The Morgan fingerprint density at radius 1 is 1.07 bits per heavy atom. The second kappa shape index (κ2) is 8.91. The van der Waals surface area contributed by atoms with E-state index in [2.05, 4.69) is 37.6 Å². The highest BCUT2D eigenvalue weighted by Gasteiger charge is 2.16. The zero-order chi connectivity index (χ0) is 20.0. The summed E-state index contributed by atoms with van der Waals surface area (Å²) in [5.41, 5.74) is 9.04. The minimum atomic E-state index is -0.692. The average molecular weight is 371 g/mol. The molecule has 0 aliphatic rings. The number of carbonyl (C=O) groups is 1. The van der Waals surface area contributed by atoms with Gasteiger partial charge in [0.2, 0.25) is 0 Å². The van der Waals surface area contributed by atoms with Gasteiger partial charge in [0.1, 0.15) is 24.1 Å². The molecule has 27 heavy (non-hydrogen) atoms. The summed E-state index contributed by atoms with van der Waals surface area (Å²) in [7, 11) is 2.96. The third kappa shape index (κ3) is 5.73. The topological polar surface area (TPSA) is 70.8 Å². The van der Waals surface area contributed by atoms with Crippen molar-refractivity contribution >= 4 is 5.97 Å². The lowest BCUT2D eigenvalue weighted by Crippen LogP contribution is -2.33. The van der Waals surface area contributed by atoms with Crippen LogP contribution in [0.5, 0.6) is 11.5 Å². The van der Waals surface area contributed by atoms with Crippen LogP contribution in [0.1, 0.15) is 37.5 Å². The summed E-state index contributed by atoms with van der Waals surface area (Å²) in [6.45, 7) is 6.90. The number of esters is 1. The Morgan fingerprint density at radius 3 is 2.30 bits per heavy atom. The van der Waals surface area contributed by atoms with Crippen molar-refractivity contribution in [3.8, 4) is 11.5 Å². The van der Waals surface area contributed by atoms with Crippen LogP contribution >= 0.6 is 0 Å². The fourth-order valence-corrected chi connectivity index (χ4v) is 2.77. The van der Waals surface area contributed by atoms with Gasteiger partial charge >= 0.3 is 5.97 Å². The largest absolute Gasteiger partial charge is 0.496 e. The first-order chi connectivity index (χ1) is 12.7. The molecule has 0 aliphatic carbocycles. The maximum atomic E-state index is 11.5. The normalized spacial score (nSPS) is 12.4. The molecule has 0 radical (unpaired) electrons. The van der Waals surface area contributed by atoms with Crippen LogP contribution in [-0.2, 0) is 28.0 Å². The number of methoxy groups -OCH3 is 2. The molecular formula is C22H29NO4. The fraction of sp³-hybridized carbons (Fsp3) is 0.409. The minimum Gasteiger partial charge on any atom is -0.496 e. The van der Waals surface area contributed by atoms with Crippen LogP contribution in [0.4, 0.5) is 0 Å². The van der Waals surface area contributed by atoms with Crippen molar-refractivity contribution in [2.24, 2.45) is 5.73 Å². The van der Waals surface area contributed by atoms with Crippen molar-refractivity contribution in [2.45, 2.75) is 45.3 Å². The van der Waals surface area contributed by atoms with Gasteiger partial charge in [0.25, 0.3) is 0 Å². The average Bonchev–Trinajstić information content (AvgIpc) is 2.65. The van der Waals surface area contributed by atoms with Crippen LogP contribution in [-0.4, -0.2) is 26.2 Å². The van der Waals surface area contributed by atoms with E-state index >= 15 is 0 Å². The quantitative estimate of drug-likeness (QED) is 0.753. The molecule has 0 saturated heterocycles. The Balaban J connectivity index is 2.10. The monoisotopic (exact) mass is 371 g/mol. The molecule has 0 saturated carbocycles. The Hall–Kier alpha value is -2.53. The molecule has 2 N–H and O–H groups in total. The summed E-state index contributed by atoms with van der Waals surface area (Å²) in [4.78, 5) is 11.5. The molecule has 0 spiro atoms. The first kappa shape index (κ1) is 20.8. The molecule has 2 aromatic carbocycles. The number of nitrogens with two attached hydrogens (primary N) is 1. The van der Waals surface area contributed by atoms with Crippen LogP contribution < -0.4 is 15.2 Å². The zero-order valence-corrected chi connectivity index (χ0v) is 16.7. The second-order valence-corrected chi connectivity index (χ2v) is 7.54. The Bertz CT molecular complexity index is 763. The maximum absolute atomic E-state index is 11.5. The molecule has 5 heteroatoms. The molecule has 0 bridgehead atoms. The van der Waals surface area contributed by atoms with Crippen LogP contribution in [0.25, 0.3) is 0 Å². The Labute approximate surface area is 161 Å². The van der Waals surface area contributed by atoms with Crippen molar-refractivity contribution in [3.05, 3.63) is 59.2 Å². The lowest BCUT2D eigenvalue weighted by atomic mass is 9.87. The maximum Gasteiger partial charge on any atom is 0.322 e. The van der Waals surface area contributed by atoms with Gasteiger partial charge in [-0.2, -0.15) is 0 Å². The molecule has 0 fully saturated rings. The van der Waals surface area contributed by atoms with E-state index in [1.807, 2.05) is 30.3 Å². The number of carbonyl (C=O) groups excluding carboxylic acids is 1. The van der Waals surface area contributed by atoms with Gasteiger partial charge in [-0.25, -0.2) is 0 Å². The molecule has 0 aliphatic heterocycles. The lowest BCUT2D eigenvalue weighted by Gasteiger charge is -2.19. The van der Waals surface area contributed by atoms with E-state index in [9.17, 15) is 4.79 Å². The van der Waals surface area contributed by atoms with Gasteiger partial charge in [-0.1, -0.05) is 39.0 Å². The summed E-state index contributed by atoms with van der Waals surface area (Å²) in [5.74, 6) is 1.10. The van der Waals surface area contributed by atoms with E-state index in [1.54, 1.807) is 7.11 Å². The molecule has 146 valence electrons. The molecule has 0 aromatic heterocycles. The summed E-state index contributed by atoms with van der Waals surface area (Å²) in [5, 5.41) is 0. The molecule has 0 amide bonds. The van der Waals surface area contributed by atoms with Crippen molar-refractivity contribution in [1.29, 1.82) is 0 Å². The van der Waals surface area contributed by atoms with E-state index in [1.165, 1.54) is 12.7 Å². The molecule has 0 heterocycles. The summed E-state index contributed by atoms with van der Waals surface area (Å²) in [6, 6.07) is 13.1. The number of rotatable bonds is 7. The highest BCUT2D eigenvalue weighted by molar-refractivity contribution is 5.75. The van der Waals surface area contributed by atoms with Crippen molar-refractivity contribution in [2.75, 3.05) is 14.2 Å². The van der Waals surface area contributed by atoms with Crippen molar-refractivity contribution in [3.63, 3.8) is 0 Å². The number of ether oxygens (including phenoxy) is 3. The zero-order valence-electron chi connectivity index (χ0n) is 16.7. The van der Waals surface area contributed by atoms with Gasteiger partial charge in [0, 0.05) is 5.56 Å². The van der Waals surface area contributed by atoms with Crippen molar-refractivity contribution in [1.82, 2.24) is 0 Å². The van der Waals surface area contributed by atoms with Gasteiger partial charge in [-0.05, 0) is 47.2 Å². The molecule has 5 nitrogen and oxygen atoms in total. The first-order valence-corrected chi connectivity index (χ1v) is 8.97. The van der Waals surface area contributed by atoms with Gasteiger partial charge < -0.3 is 19.9 Å². The van der Waals surface area contributed by atoms with E-state index < -0.39 is 12.0 Å². The molecule has 1 atom stereocenters. The molecule has 2 rings (SSSR count). The molecule has 1 unspecified atom stereocenters. The highest BCUT2D eigenvalue weighted by Crippen LogP contribution is 2.26. The van der Waals surface area contributed by atoms with Gasteiger partial charge in [-0.3, -0.25) is 4.79 Å². The summed E-state index contributed by atoms with van der Waals surface area (Å²) >= 11 is 0. The van der Waals surface area contributed by atoms with Gasteiger partial charge in [-0.15, -0.1) is 0 Å². The smallest absolute Gasteiger partial charge is 0.322 e. The van der Waals surface area contributed by atoms with Gasteiger partial charge in [0.05, 0.1) is 14.2 Å². The predicted octanol–water partition coefficient (Wildman–Crippen LogP) is 3.61. The lowest BCUT2D eigenvalue weighted by molar-refractivity contribution is -0.142. The van der Waals surface area contributed by atoms with Crippen LogP contribution in [0, 0.1) is 0 Å². The molecule has 2 aromatic rings. The summed E-state index contributed by atoms with van der Waals surface area (Å²) in [6.07, 6.45) is 0.393. The Kier molecular flexibility index (Phi) is 6.86. The van der Waals surface area contributed by atoms with Crippen molar-refractivity contribution < 1.29 is 19.0 Å². The van der Waals surface area contributed by atoms with Crippen LogP contribution in [0.15, 0.2) is 42.5 Å². The minimum absolute atomic E-state index is 0.106. The van der Waals surface area contributed by atoms with Gasteiger partial charge in [0.15, 0.2) is 0 Å². The second-order valence-electron chi connectivity index (χ2n) is 7.54. The van der Waals surface area contributed by atoms with E-state index in [4.69, 9.17) is 15.2 Å². The van der Waals surface area contributed by atoms with Crippen LogP contribution in [0.3, 0.4) is 0 Å². The number of benzene rings is 2. The Morgan fingerprint density at radius 2 is 1.74 bits per heavy atom. The third-order valence-corrected chi connectivity index (χ3v) is 4.42. The van der Waals surface area contributed by atoms with Crippen LogP contribution in [0.2, 0.25) is 0 Å². The highest BCUT2D eigenvalue weighted by atomic mass is 16.5. The van der Waals surface area contributed by atoms with E-state index in [-0.39, 0.29) is 5.41 Å². The van der Waals surface area contributed by atoms with E-state index in [0.29, 0.717) is 13.0 Å². The third-order valence-electron chi connectivity index (χ3n) is 4.42. The number of hydrogen-bond acceptors (Lipinski definition) is 5. The first-order valence-electron chi connectivity index (χ1n) is 8.97. The standard InChI is InChI=1S/C22H29NO4/c1-22(2,3)17-7-9-18(10-8-17)27-14-16-12-15(6-11-20(16)25-4)13-19(23)21(24)26-5/h6-12,19H,13-14,23H2,1-5H3. The molecular weight excluding hydrogens is 342 g/mol.